The van der Waals surface area contributed by atoms with E-state index in [0.717, 1.165) is 102 Å². The fourth-order valence-corrected chi connectivity index (χ4v) is 10.7. The van der Waals surface area contributed by atoms with Gasteiger partial charge in [-0.3, -0.25) is 14.6 Å². The molecule has 7 atom stereocenters. The first kappa shape index (κ1) is 40.2. The Kier molecular flexibility index (Phi) is 10.2. The monoisotopic (exact) mass is 840 g/mol. The number of rotatable bonds is 11. The maximum absolute atomic E-state index is 14.0. The van der Waals surface area contributed by atoms with Gasteiger partial charge in [0.05, 0.1) is 50.8 Å². The summed E-state index contributed by atoms with van der Waals surface area (Å²) in [5.41, 5.74) is 5.40. The molecule has 4 amide bonds. The molecule has 0 radical (unpaired) electrons. The first-order valence-corrected chi connectivity index (χ1v) is 22.3. The van der Waals surface area contributed by atoms with Gasteiger partial charge in [-0.1, -0.05) is 62.4 Å². The van der Waals surface area contributed by atoms with Gasteiger partial charge in [-0.05, 0) is 120 Å². The summed E-state index contributed by atoms with van der Waals surface area (Å²) in [6.45, 7) is 5.13. The number of piperidine rings is 1. The van der Waals surface area contributed by atoms with E-state index in [4.69, 9.17) is 19.5 Å². The number of ether oxygens (including phenoxy) is 2. The number of carbonyl (C=O) groups is 4. The molecule has 1 spiro atoms. The minimum absolute atomic E-state index is 0.00487. The van der Waals surface area contributed by atoms with E-state index in [1.54, 1.807) is 0 Å². The average molecular weight is 841 g/mol. The van der Waals surface area contributed by atoms with Gasteiger partial charge in [0.1, 0.15) is 23.7 Å². The maximum Gasteiger partial charge on any atom is 0.407 e. The fourth-order valence-electron chi connectivity index (χ4n) is 10.7. The molecule has 4 heterocycles. The number of alkyl carbamates (subject to hydrolysis) is 2. The lowest BCUT2D eigenvalue weighted by atomic mass is 9.95. The van der Waals surface area contributed by atoms with Gasteiger partial charge in [-0.15, -0.1) is 0 Å². The van der Waals surface area contributed by atoms with Gasteiger partial charge in [-0.25, -0.2) is 14.6 Å². The Balaban J connectivity index is 0.806. The second-order valence-corrected chi connectivity index (χ2v) is 18.9. The number of carbonyl (C=O) groups excluding carboxylic acids is 4. The van der Waals surface area contributed by atoms with E-state index in [-0.39, 0.29) is 53.2 Å². The molecule has 10 rings (SSSR count). The number of amides is 4. The number of methoxy groups -OCH3 is 2. The zero-order chi connectivity index (χ0) is 42.9. The van der Waals surface area contributed by atoms with Crippen molar-refractivity contribution < 1.29 is 28.7 Å². The smallest absolute Gasteiger partial charge is 0.407 e. The number of hydrogen-bond donors (Lipinski definition) is 4. The fraction of sp³-hybridized carbons (Fsp3) is 0.500. The molecule has 3 saturated carbocycles. The average Bonchev–Trinajstić information content (AvgIpc) is 3.84. The van der Waals surface area contributed by atoms with Crippen LogP contribution in [0.4, 0.5) is 9.59 Å². The van der Waals surface area contributed by atoms with Crippen LogP contribution in [0.5, 0.6) is 0 Å². The highest BCUT2D eigenvalue weighted by Gasteiger charge is 2.56. The number of aromatic amines is 1. The van der Waals surface area contributed by atoms with Crippen molar-refractivity contribution in [2.45, 2.75) is 101 Å². The third-order valence-electron chi connectivity index (χ3n) is 14.6. The summed E-state index contributed by atoms with van der Waals surface area (Å²) in [5.74, 6) is 1.97. The van der Waals surface area contributed by atoms with Gasteiger partial charge in [-0.2, -0.15) is 0 Å². The summed E-state index contributed by atoms with van der Waals surface area (Å²) in [7, 11) is 2.65. The van der Waals surface area contributed by atoms with Gasteiger partial charge in [0, 0.05) is 12.6 Å². The number of H-pyrrole nitrogens is 1. The van der Waals surface area contributed by atoms with Crippen LogP contribution in [0.15, 0.2) is 71.9 Å². The zero-order valence-corrected chi connectivity index (χ0v) is 35.9. The largest absolute Gasteiger partial charge is 0.453 e. The topological polar surface area (TPSA) is 170 Å². The van der Waals surface area contributed by atoms with Crippen molar-refractivity contribution in [1.29, 1.82) is 0 Å². The van der Waals surface area contributed by atoms with E-state index >= 15 is 0 Å². The van der Waals surface area contributed by atoms with Gasteiger partial charge in [0.15, 0.2) is 0 Å². The molecule has 14 nitrogen and oxygen atoms in total. The van der Waals surface area contributed by atoms with Crippen LogP contribution in [0.1, 0.15) is 88.7 Å². The van der Waals surface area contributed by atoms with Gasteiger partial charge >= 0.3 is 12.2 Å². The van der Waals surface area contributed by atoms with Crippen LogP contribution in [0.2, 0.25) is 0 Å². The molecule has 2 bridgehead atoms. The van der Waals surface area contributed by atoms with Crippen molar-refractivity contribution in [2.24, 2.45) is 28.2 Å². The lowest BCUT2D eigenvalue weighted by molar-refractivity contribution is -0.137. The normalized spacial score (nSPS) is 25.4. The number of amidine groups is 1. The quantitative estimate of drug-likeness (QED) is 0.127. The molecular formula is C48H56N8O6. The van der Waals surface area contributed by atoms with Crippen LogP contribution < -0.4 is 16.0 Å². The van der Waals surface area contributed by atoms with Gasteiger partial charge in [0.2, 0.25) is 11.8 Å². The van der Waals surface area contributed by atoms with Crippen LogP contribution in [-0.2, 0) is 19.1 Å². The van der Waals surface area contributed by atoms with Crippen molar-refractivity contribution >= 4 is 40.6 Å². The third-order valence-corrected chi connectivity index (χ3v) is 14.6. The Hall–Kier alpha value is -5.92. The Labute approximate surface area is 361 Å². The molecule has 324 valence electrons. The lowest BCUT2D eigenvalue weighted by Crippen LogP contribution is -2.58. The summed E-state index contributed by atoms with van der Waals surface area (Å²) in [4.78, 5) is 69.5. The molecule has 3 aromatic carbocycles. The Bertz CT molecular complexity index is 2440. The van der Waals surface area contributed by atoms with Crippen LogP contribution in [0.3, 0.4) is 0 Å². The summed E-state index contributed by atoms with van der Waals surface area (Å²) >= 11 is 0. The molecular weight excluding hydrogens is 785 g/mol. The molecule has 3 aliphatic heterocycles. The number of aromatic nitrogens is 2. The molecule has 14 heteroatoms. The van der Waals surface area contributed by atoms with E-state index in [0.29, 0.717) is 19.0 Å². The number of nitrogens with one attached hydrogen (secondary N) is 4. The molecule has 6 aliphatic rings. The number of fused-ring (bicyclic) bond motifs is 3. The Morgan fingerprint density at radius 2 is 1.55 bits per heavy atom. The van der Waals surface area contributed by atoms with Crippen molar-refractivity contribution in [3.05, 3.63) is 78.2 Å². The van der Waals surface area contributed by atoms with E-state index in [1.165, 1.54) is 14.2 Å². The molecule has 4 N–H and O–H groups in total. The number of aliphatic imine (C=N–C) groups is 1. The van der Waals surface area contributed by atoms with E-state index in [1.807, 2.05) is 29.8 Å². The summed E-state index contributed by atoms with van der Waals surface area (Å²) in [5, 5.41) is 11.6. The van der Waals surface area contributed by atoms with Gasteiger partial charge < -0.3 is 40.2 Å². The highest BCUT2D eigenvalue weighted by atomic mass is 16.5. The van der Waals surface area contributed by atoms with E-state index < -0.39 is 24.3 Å². The summed E-state index contributed by atoms with van der Waals surface area (Å²) in [6, 6.07) is 20.3. The van der Waals surface area contributed by atoms with Crippen LogP contribution >= 0.6 is 0 Å². The molecule has 1 aromatic heterocycles. The van der Waals surface area contributed by atoms with Crippen molar-refractivity contribution in [2.75, 3.05) is 27.3 Å². The summed E-state index contributed by atoms with van der Waals surface area (Å²) in [6.07, 6.45) is 8.63. The summed E-state index contributed by atoms with van der Waals surface area (Å²) < 4.78 is 9.69. The zero-order valence-electron chi connectivity index (χ0n) is 35.9. The standard InChI is InChI=1S/C48H56N8O6/c1-26(2)39(53-46(59)61-3)44(57)55-25-48(17-18-48)22-38(55)42-49-23-36(51-42)28-7-5-27(6-8-28)30-11-12-32-20-33(14-13-31(32)19-30)37-24-50-43(52-37)41-34-15-16-35(21-34)56(41)45(58)40(29-9-10-29)54-47(60)62-4/h5-8,11-14,19-20,23,26,29,34-35,37-41H,9-10,15-18,21-22,24-25H2,1-4H3,(H,49,51)(H,50,52)(H,53,59)(H,54,60)/t34-,35+,37?,38-,39-,40-,41-/m0/s1. The first-order chi connectivity index (χ1) is 30.0. The van der Waals surface area contributed by atoms with E-state index in [9.17, 15) is 19.2 Å². The number of benzene rings is 3. The second-order valence-electron chi connectivity index (χ2n) is 18.9. The Morgan fingerprint density at radius 3 is 2.27 bits per heavy atom. The molecule has 1 unspecified atom stereocenters. The molecule has 4 aromatic rings. The Morgan fingerprint density at radius 1 is 0.839 bits per heavy atom. The van der Waals surface area contributed by atoms with Crippen molar-refractivity contribution in [3.63, 3.8) is 0 Å². The number of imidazole rings is 1. The second kappa shape index (κ2) is 15.8. The minimum atomic E-state index is -0.682. The predicted octanol–water partition coefficient (Wildman–Crippen LogP) is 6.89. The SMILES string of the molecule is COC(=O)N[C@H](C(=O)N1CC2(CC2)C[C@H]1c1ncc(-c2ccc(-c3ccc4cc(C5CN=C([C@@H]6[C@H]7CC[C@H](C7)N6C(=O)[C@@H](NC(=O)OC)C6CC6)N5)ccc4c3)cc2)[nH]1)C(C)C. The van der Waals surface area contributed by atoms with E-state index in [2.05, 4.69) is 81.6 Å². The molecule has 3 aliphatic carbocycles. The highest BCUT2D eigenvalue weighted by Crippen LogP contribution is 2.58. The number of nitrogens with zero attached hydrogens (tertiary/aromatic N) is 4. The first-order valence-electron chi connectivity index (χ1n) is 22.3. The van der Waals surface area contributed by atoms with Crippen LogP contribution in [-0.4, -0.2) is 101 Å². The number of hydrogen-bond acceptors (Lipinski definition) is 9. The van der Waals surface area contributed by atoms with Crippen molar-refractivity contribution in [3.8, 4) is 22.4 Å². The van der Waals surface area contributed by atoms with Crippen molar-refractivity contribution in [1.82, 2.24) is 35.7 Å². The highest BCUT2D eigenvalue weighted by molar-refractivity contribution is 5.97. The van der Waals surface area contributed by atoms with Crippen LogP contribution in [0.25, 0.3) is 33.2 Å². The molecule has 5 fully saturated rings. The molecule has 62 heavy (non-hydrogen) atoms. The lowest BCUT2D eigenvalue weighted by Gasteiger charge is -2.38. The van der Waals surface area contributed by atoms with Crippen LogP contribution in [0, 0.1) is 23.2 Å². The third kappa shape index (κ3) is 7.44. The minimum Gasteiger partial charge on any atom is -0.453 e. The maximum atomic E-state index is 14.0. The number of likely N-dealkylation sites (tertiary alicyclic amines) is 2. The van der Waals surface area contributed by atoms with Gasteiger partial charge in [0.25, 0.3) is 0 Å². The predicted molar refractivity (Wildman–Crippen MR) is 234 cm³/mol. The molecule has 2 saturated heterocycles.